The van der Waals surface area contributed by atoms with Gasteiger partial charge in [-0.15, -0.1) is 0 Å². The zero-order chi connectivity index (χ0) is 14.1. The Morgan fingerprint density at radius 3 is 2.95 bits per heavy atom. The molecule has 1 fully saturated rings. The minimum atomic E-state index is 0.0193. The van der Waals surface area contributed by atoms with Crippen LogP contribution in [0.15, 0.2) is 28.7 Å². The van der Waals surface area contributed by atoms with Gasteiger partial charge in [-0.05, 0) is 44.1 Å². The van der Waals surface area contributed by atoms with Gasteiger partial charge in [0.2, 0.25) is 0 Å². The van der Waals surface area contributed by atoms with Crippen molar-refractivity contribution in [2.24, 2.45) is 0 Å². The largest absolute Gasteiger partial charge is 0.493 e. The average Bonchev–Trinajstić information content (AvgIpc) is 3.12. The van der Waals surface area contributed by atoms with Gasteiger partial charge in [-0.25, -0.2) is 0 Å². The predicted molar refractivity (Wildman–Crippen MR) is 83.1 cm³/mol. The van der Waals surface area contributed by atoms with Crippen LogP contribution >= 0.6 is 12.2 Å². The topological polar surface area (TPSA) is 46.4 Å². The number of rotatable bonds is 4. The fraction of sp³-hybridized carbons (Fsp3) is 0.400. The second kappa shape index (κ2) is 5.32. The van der Waals surface area contributed by atoms with E-state index in [1.54, 1.807) is 7.11 Å². The Morgan fingerprint density at radius 2 is 2.25 bits per heavy atom. The van der Waals surface area contributed by atoms with E-state index >= 15 is 0 Å². The number of fused-ring (bicyclic) bond motifs is 1. The Labute approximate surface area is 123 Å². The molecule has 0 saturated heterocycles. The zero-order valence-electron chi connectivity index (χ0n) is 11.6. The van der Waals surface area contributed by atoms with E-state index in [0.717, 1.165) is 22.5 Å². The number of methoxy groups -OCH3 is 1. The van der Waals surface area contributed by atoms with Crippen molar-refractivity contribution in [1.29, 1.82) is 0 Å². The molecule has 0 unspecified atom stereocenters. The Hall–Kier alpha value is -1.75. The van der Waals surface area contributed by atoms with Crippen molar-refractivity contribution in [3.05, 3.63) is 30.0 Å². The van der Waals surface area contributed by atoms with E-state index in [0.29, 0.717) is 11.2 Å². The van der Waals surface area contributed by atoms with Crippen molar-refractivity contribution in [1.82, 2.24) is 10.6 Å². The molecule has 3 rings (SSSR count). The molecule has 0 aliphatic heterocycles. The summed E-state index contributed by atoms with van der Waals surface area (Å²) < 4.78 is 11.2. The number of ether oxygens (including phenoxy) is 1. The summed E-state index contributed by atoms with van der Waals surface area (Å²) in [6.45, 7) is 2.03. The maximum Gasteiger partial charge on any atom is 0.176 e. The van der Waals surface area contributed by atoms with Crippen LogP contribution in [0.4, 0.5) is 0 Å². The lowest BCUT2D eigenvalue weighted by Crippen LogP contribution is -2.37. The number of nitrogens with one attached hydrogen (secondary N) is 2. The fourth-order valence-electron chi connectivity index (χ4n) is 2.15. The first kappa shape index (κ1) is 13.2. The molecule has 106 valence electrons. The van der Waals surface area contributed by atoms with Crippen LogP contribution in [-0.2, 0) is 0 Å². The van der Waals surface area contributed by atoms with Gasteiger partial charge < -0.3 is 19.8 Å². The highest BCUT2D eigenvalue weighted by atomic mass is 32.1. The van der Waals surface area contributed by atoms with E-state index in [1.165, 1.54) is 12.8 Å². The second-order valence-electron chi connectivity index (χ2n) is 5.14. The van der Waals surface area contributed by atoms with Gasteiger partial charge in [0.25, 0.3) is 0 Å². The molecule has 0 bridgehead atoms. The quantitative estimate of drug-likeness (QED) is 0.847. The molecule has 5 heteroatoms. The second-order valence-corrected chi connectivity index (χ2v) is 5.55. The Balaban J connectivity index is 1.76. The van der Waals surface area contributed by atoms with Crippen LogP contribution in [0.25, 0.3) is 11.0 Å². The molecule has 1 aliphatic carbocycles. The summed E-state index contributed by atoms with van der Waals surface area (Å²) in [6, 6.07) is 8.46. The van der Waals surface area contributed by atoms with Crippen molar-refractivity contribution in [3.63, 3.8) is 0 Å². The maximum atomic E-state index is 5.90. The van der Waals surface area contributed by atoms with E-state index in [4.69, 9.17) is 21.4 Å². The molecular weight excluding hydrogens is 272 g/mol. The molecule has 0 spiro atoms. The number of hydrogen-bond donors (Lipinski definition) is 2. The summed E-state index contributed by atoms with van der Waals surface area (Å²) in [7, 11) is 1.65. The van der Waals surface area contributed by atoms with Gasteiger partial charge in [-0.2, -0.15) is 0 Å². The van der Waals surface area contributed by atoms with E-state index in [2.05, 4.69) is 10.6 Å². The Bertz CT molecular complexity index is 634. The smallest absolute Gasteiger partial charge is 0.176 e. The number of furan rings is 1. The minimum absolute atomic E-state index is 0.0193. The van der Waals surface area contributed by atoms with Crippen molar-refractivity contribution in [3.8, 4) is 5.75 Å². The lowest BCUT2D eigenvalue weighted by atomic mass is 10.2. The highest BCUT2D eigenvalue weighted by Crippen LogP contribution is 2.30. The predicted octanol–water partition coefficient (Wildman–Crippen LogP) is 3.13. The van der Waals surface area contributed by atoms with E-state index in [1.807, 2.05) is 31.2 Å². The number of benzene rings is 1. The summed E-state index contributed by atoms with van der Waals surface area (Å²) >= 11 is 5.29. The fourth-order valence-corrected chi connectivity index (χ4v) is 2.50. The first-order valence-electron chi connectivity index (χ1n) is 6.81. The summed E-state index contributed by atoms with van der Waals surface area (Å²) in [4.78, 5) is 0. The number of hydrogen-bond acceptors (Lipinski definition) is 3. The molecule has 2 N–H and O–H groups in total. The molecule has 2 aromatic rings. The lowest BCUT2D eigenvalue weighted by molar-refractivity contribution is 0.404. The van der Waals surface area contributed by atoms with Gasteiger partial charge in [-0.1, -0.05) is 12.1 Å². The van der Waals surface area contributed by atoms with E-state index < -0.39 is 0 Å². The van der Waals surface area contributed by atoms with Crippen molar-refractivity contribution in [2.45, 2.75) is 31.8 Å². The Morgan fingerprint density at radius 1 is 1.45 bits per heavy atom. The standard InChI is InChI=1S/C15H18N2O2S/c1-9(16-15(20)17-11-6-7-11)13-8-10-4-3-5-12(18-2)14(10)19-13/h3-5,8-9,11H,6-7H2,1-2H3,(H2,16,17,20)/t9-/m0/s1. The first-order chi connectivity index (χ1) is 9.67. The molecule has 1 atom stereocenters. The Kier molecular flexibility index (Phi) is 3.53. The minimum Gasteiger partial charge on any atom is -0.493 e. The summed E-state index contributed by atoms with van der Waals surface area (Å²) in [5.74, 6) is 1.60. The molecule has 0 radical (unpaired) electrons. The van der Waals surface area contributed by atoms with Crippen LogP contribution in [0, 0.1) is 0 Å². The number of thiocarbonyl (C=S) groups is 1. The molecule has 1 aromatic heterocycles. The monoisotopic (exact) mass is 290 g/mol. The van der Waals surface area contributed by atoms with Crippen molar-refractivity contribution in [2.75, 3.05) is 7.11 Å². The van der Waals surface area contributed by atoms with Gasteiger partial charge in [-0.3, -0.25) is 0 Å². The molecule has 1 heterocycles. The summed E-state index contributed by atoms with van der Waals surface area (Å²) in [5.41, 5.74) is 0.778. The van der Waals surface area contributed by atoms with Gasteiger partial charge in [0.1, 0.15) is 5.76 Å². The van der Waals surface area contributed by atoms with Crippen LogP contribution in [0.5, 0.6) is 5.75 Å². The molecule has 1 saturated carbocycles. The molecule has 1 aromatic carbocycles. The summed E-state index contributed by atoms with van der Waals surface area (Å²) in [6.07, 6.45) is 2.41. The molecule has 0 amide bonds. The highest BCUT2D eigenvalue weighted by molar-refractivity contribution is 7.80. The van der Waals surface area contributed by atoms with Gasteiger partial charge in [0.15, 0.2) is 16.4 Å². The first-order valence-corrected chi connectivity index (χ1v) is 7.21. The normalized spacial score (nSPS) is 15.9. The van der Waals surface area contributed by atoms with Crippen LogP contribution < -0.4 is 15.4 Å². The van der Waals surface area contributed by atoms with Gasteiger partial charge >= 0.3 is 0 Å². The molecule has 20 heavy (non-hydrogen) atoms. The zero-order valence-corrected chi connectivity index (χ0v) is 12.4. The number of para-hydroxylation sites is 1. The third kappa shape index (κ3) is 2.72. The van der Waals surface area contributed by atoms with Crippen LogP contribution in [0.2, 0.25) is 0 Å². The van der Waals surface area contributed by atoms with E-state index in [-0.39, 0.29) is 6.04 Å². The van der Waals surface area contributed by atoms with Gasteiger partial charge in [0, 0.05) is 11.4 Å². The molecule has 4 nitrogen and oxygen atoms in total. The summed E-state index contributed by atoms with van der Waals surface area (Å²) in [5, 5.41) is 8.24. The highest BCUT2D eigenvalue weighted by Gasteiger charge is 2.23. The molecular formula is C15H18N2O2S. The van der Waals surface area contributed by atoms with Crippen molar-refractivity contribution < 1.29 is 9.15 Å². The van der Waals surface area contributed by atoms with Gasteiger partial charge in [0.05, 0.1) is 13.2 Å². The average molecular weight is 290 g/mol. The third-order valence-electron chi connectivity index (χ3n) is 3.43. The maximum absolute atomic E-state index is 5.90. The lowest BCUT2D eigenvalue weighted by Gasteiger charge is -2.14. The van der Waals surface area contributed by atoms with Crippen molar-refractivity contribution >= 4 is 28.3 Å². The van der Waals surface area contributed by atoms with Crippen LogP contribution in [-0.4, -0.2) is 18.3 Å². The van der Waals surface area contributed by atoms with Crippen LogP contribution in [0.1, 0.15) is 31.6 Å². The van der Waals surface area contributed by atoms with E-state index in [9.17, 15) is 0 Å². The molecule has 1 aliphatic rings. The van der Waals surface area contributed by atoms with Crippen LogP contribution in [0.3, 0.4) is 0 Å². The SMILES string of the molecule is COc1cccc2cc([C@H](C)NC(=S)NC3CC3)oc12. The third-order valence-corrected chi connectivity index (χ3v) is 3.67.